The van der Waals surface area contributed by atoms with Crippen molar-refractivity contribution in [2.75, 3.05) is 18.4 Å². The number of fused-ring (bicyclic) bond motifs is 1. The van der Waals surface area contributed by atoms with Gasteiger partial charge in [-0.3, -0.25) is 9.52 Å². The molecule has 1 N–H and O–H groups in total. The number of likely N-dealkylation sites (tertiary alicyclic amines) is 1. The maximum atomic E-state index is 13.5. The first-order valence-electron chi connectivity index (χ1n) is 11.0. The van der Waals surface area contributed by atoms with Gasteiger partial charge >= 0.3 is 0 Å². The monoisotopic (exact) mass is 442 g/mol. The lowest BCUT2D eigenvalue weighted by atomic mass is 9.78. The largest absolute Gasteiger partial charge is 0.497 e. The zero-order valence-electron chi connectivity index (χ0n) is 18.1. The maximum Gasteiger partial charge on any atom is 0.261 e. The van der Waals surface area contributed by atoms with E-state index in [1.165, 1.54) is 25.3 Å². The topological polar surface area (TPSA) is 75.7 Å². The molecule has 4 rings (SSSR count). The Morgan fingerprint density at radius 2 is 1.74 bits per heavy atom. The molecule has 0 bridgehead atoms. The zero-order valence-corrected chi connectivity index (χ0v) is 19.0. The SMILES string of the molecule is COc1ccc(NS(=O)(=O)c2ccc(C)c(C(=O)N3CCCC4CCCCC43)c2)cc1. The van der Waals surface area contributed by atoms with Crippen molar-refractivity contribution in [3.63, 3.8) is 0 Å². The second-order valence-corrected chi connectivity index (χ2v) is 10.2. The fraction of sp³-hybridized carbons (Fsp3) is 0.458. The van der Waals surface area contributed by atoms with E-state index in [4.69, 9.17) is 4.74 Å². The van der Waals surface area contributed by atoms with E-state index in [9.17, 15) is 13.2 Å². The van der Waals surface area contributed by atoms with Crippen molar-refractivity contribution in [2.24, 2.45) is 5.92 Å². The molecule has 2 aliphatic rings. The summed E-state index contributed by atoms with van der Waals surface area (Å²) in [5.74, 6) is 1.18. The predicted octanol–water partition coefficient (Wildman–Crippen LogP) is 4.60. The van der Waals surface area contributed by atoms with Crippen molar-refractivity contribution in [2.45, 2.75) is 56.4 Å². The van der Waals surface area contributed by atoms with Crippen LogP contribution >= 0.6 is 0 Å². The molecule has 1 aliphatic heterocycles. The third kappa shape index (κ3) is 4.56. The Kier molecular flexibility index (Phi) is 6.23. The Morgan fingerprint density at radius 1 is 1.03 bits per heavy atom. The normalized spacial score (nSPS) is 21.3. The zero-order chi connectivity index (χ0) is 22.0. The molecule has 6 nitrogen and oxygen atoms in total. The van der Waals surface area contributed by atoms with Gasteiger partial charge in [-0.2, -0.15) is 0 Å². The lowest BCUT2D eigenvalue weighted by Gasteiger charge is -2.44. The lowest BCUT2D eigenvalue weighted by Crippen LogP contribution is -2.49. The minimum absolute atomic E-state index is 0.0457. The summed E-state index contributed by atoms with van der Waals surface area (Å²) in [4.78, 5) is 15.6. The summed E-state index contributed by atoms with van der Waals surface area (Å²) in [6.45, 7) is 2.61. The molecular weight excluding hydrogens is 412 g/mol. The number of hydrogen-bond donors (Lipinski definition) is 1. The molecule has 31 heavy (non-hydrogen) atoms. The number of ether oxygens (including phenoxy) is 1. The second kappa shape index (κ2) is 8.91. The van der Waals surface area contributed by atoms with E-state index < -0.39 is 10.0 Å². The number of nitrogens with one attached hydrogen (secondary N) is 1. The van der Waals surface area contributed by atoms with Crippen LogP contribution in [0.2, 0.25) is 0 Å². The van der Waals surface area contributed by atoms with Gasteiger partial charge in [-0.15, -0.1) is 0 Å². The number of carbonyl (C=O) groups is 1. The molecule has 0 spiro atoms. The fourth-order valence-electron chi connectivity index (χ4n) is 4.90. The number of rotatable bonds is 5. The maximum absolute atomic E-state index is 13.5. The van der Waals surface area contributed by atoms with Gasteiger partial charge in [0, 0.05) is 23.8 Å². The number of piperidine rings is 1. The van der Waals surface area contributed by atoms with Gasteiger partial charge in [0.15, 0.2) is 0 Å². The minimum atomic E-state index is -3.82. The molecule has 1 saturated heterocycles. The van der Waals surface area contributed by atoms with E-state index in [2.05, 4.69) is 4.72 Å². The number of aryl methyl sites for hydroxylation is 1. The minimum Gasteiger partial charge on any atom is -0.497 e. The molecule has 1 aliphatic carbocycles. The highest BCUT2D eigenvalue weighted by Crippen LogP contribution is 2.36. The van der Waals surface area contributed by atoms with E-state index >= 15 is 0 Å². The molecular formula is C24H30N2O4S. The highest BCUT2D eigenvalue weighted by molar-refractivity contribution is 7.92. The van der Waals surface area contributed by atoms with Gasteiger partial charge < -0.3 is 9.64 Å². The first-order chi connectivity index (χ1) is 14.9. The molecule has 1 saturated carbocycles. The predicted molar refractivity (Wildman–Crippen MR) is 121 cm³/mol. The van der Waals surface area contributed by atoms with Gasteiger partial charge in [0.25, 0.3) is 15.9 Å². The average molecular weight is 443 g/mol. The van der Waals surface area contributed by atoms with Crippen LogP contribution in [0.15, 0.2) is 47.4 Å². The number of carbonyl (C=O) groups excluding carboxylic acids is 1. The number of methoxy groups -OCH3 is 1. The molecule has 7 heteroatoms. The molecule has 0 radical (unpaired) electrons. The van der Waals surface area contributed by atoms with E-state index in [1.54, 1.807) is 43.5 Å². The van der Waals surface area contributed by atoms with Crippen LogP contribution < -0.4 is 9.46 Å². The average Bonchev–Trinajstić information content (AvgIpc) is 2.78. The molecule has 166 valence electrons. The Labute approximate surface area is 184 Å². The summed E-state index contributed by atoms with van der Waals surface area (Å²) in [7, 11) is -2.26. The van der Waals surface area contributed by atoms with Crippen LogP contribution in [-0.4, -0.2) is 38.9 Å². The van der Waals surface area contributed by atoms with Gasteiger partial charge in [-0.1, -0.05) is 18.9 Å². The van der Waals surface area contributed by atoms with E-state index in [0.29, 0.717) is 22.9 Å². The molecule has 1 heterocycles. The quantitative estimate of drug-likeness (QED) is 0.734. The summed E-state index contributed by atoms with van der Waals surface area (Å²) in [5.41, 5.74) is 1.71. The number of benzene rings is 2. The molecule has 2 unspecified atom stereocenters. The van der Waals surface area contributed by atoms with Crippen LogP contribution in [0.4, 0.5) is 5.69 Å². The van der Waals surface area contributed by atoms with Gasteiger partial charge in [0.2, 0.25) is 0 Å². The van der Waals surface area contributed by atoms with Crippen molar-refractivity contribution < 1.29 is 17.9 Å². The Morgan fingerprint density at radius 3 is 2.48 bits per heavy atom. The summed E-state index contributed by atoms with van der Waals surface area (Å²) in [6, 6.07) is 11.8. The smallest absolute Gasteiger partial charge is 0.261 e. The molecule has 2 aromatic rings. The molecule has 1 amide bonds. The van der Waals surface area contributed by atoms with Crippen LogP contribution in [0.3, 0.4) is 0 Å². The van der Waals surface area contributed by atoms with Crippen molar-refractivity contribution in [3.05, 3.63) is 53.6 Å². The van der Waals surface area contributed by atoms with E-state index in [-0.39, 0.29) is 16.8 Å². The third-order valence-corrected chi connectivity index (χ3v) is 7.98. The fourth-order valence-corrected chi connectivity index (χ4v) is 5.99. The highest BCUT2D eigenvalue weighted by atomic mass is 32.2. The number of amides is 1. The van der Waals surface area contributed by atoms with Crippen molar-refractivity contribution in [1.82, 2.24) is 4.90 Å². The summed E-state index contributed by atoms with van der Waals surface area (Å²) >= 11 is 0. The first-order valence-corrected chi connectivity index (χ1v) is 12.5. The number of nitrogens with zero attached hydrogens (tertiary/aromatic N) is 1. The Balaban J connectivity index is 1.59. The standard InChI is InChI=1S/C24H30N2O4S/c1-17-9-14-21(31(28,29)25-19-10-12-20(30-2)13-11-19)16-22(17)24(27)26-15-5-7-18-6-3-4-8-23(18)26/h9-14,16,18,23,25H,3-8,15H2,1-2H3. The molecule has 2 atom stereocenters. The summed E-state index contributed by atoms with van der Waals surface area (Å²) < 4.78 is 33.7. The van der Waals surface area contributed by atoms with Crippen LogP contribution in [0.25, 0.3) is 0 Å². The van der Waals surface area contributed by atoms with Gasteiger partial charge in [-0.05, 0) is 80.5 Å². The first kappa shape index (κ1) is 21.7. The van der Waals surface area contributed by atoms with E-state index in [0.717, 1.165) is 31.4 Å². The molecule has 2 fully saturated rings. The number of anilines is 1. The van der Waals surface area contributed by atoms with Gasteiger partial charge in [0.1, 0.15) is 5.75 Å². The second-order valence-electron chi connectivity index (χ2n) is 8.56. The summed E-state index contributed by atoms with van der Waals surface area (Å²) in [5, 5.41) is 0. The van der Waals surface area contributed by atoms with Gasteiger partial charge in [0.05, 0.1) is 12.0 Å². The van der Waals surface area contributed by atoms with Gasteiger partial charge in [-0.25, -0.2) is 8.42 Å². The third-order valence-electron chi connectivity index (χ3n) is 6.60. The molecule has 0 aromatic heterocycles. The summed E-state index contributed by atoms with van der Waals surface area (Å²) in [6.07, 6.45) is 6.84. The van der Waals surface area contributed by atoms with Crippen LogP contribution in [-0.2, 0) is 10.0 Å². The lowest BCUT2D eigenvalue weighted by molar-refractivity contribution is 0.0390. The highest BCUT2D eigenvalue weighted by Gasteiger charge is 2.36. The van der Waals surface area contributed by atoms with E-state index in [1.807, 2.05) is 11.8 Å². The van der Waals surface area contributed by atoms with Crippen LogP contribution in [0.1, 0.15) is 54.4 Å². The van der Waals surface area contributed by atoms with Crippen molar-refractivity contribution >= 4 is 21.6 Å². The Hall–Kier alpha value is -2.54. The van der Waals surface area contributed by atoms with Crippen molar-refractivity contribution in [3.8, 4) is 5.75 Å². The van der Waals surface area contributed by atoms with Crippen LogP contribution in [0, 0.1) is 12.8 Å². The number of hydrogen-bond acceptors (Lipinski definition) is 4. The van der Waals surface area contributed by atoms with Crippen molar-refractivity contribution in [1.29, 1.82) is 0 Å². The number of sulfonamides is 1. The molecule has 2 aromatic carbocycles. The van der Waals surface area contributed by atoms with Crippen LogP contribution in [0.5, 0.6) is 5.75 Å². The Bertz CT molecular complexity index is 1050.